The minimum atomic E-state index is -1.63. The van der Waals surface area contributed by atoms with Crippen LogP contribution >= 0.6 is 0 Å². The lowest BCUT2D eigenvalue weighted by Crippen LogP contribution is -2.34. The summed E-state index contributed by atoms with van der Waals surface area (Å²) in [6.45, 7) is 16.7. The quantitative estimate of drug-likeness (QED) is 0.0111. The number of hydrogen-bond donors (Lipinski definition) is 1. The number of rotatable bonds is 32. The van der Waals surface area contributed by atoms with Crippen molar-refractivity contribution in [1.29, 1.82) is 0 Å². The van der Waals surface area contributed by atoms with Crippen LogP contribution in [0.15, 0.2) is 145 Å². The predicted molar refractivity (Wildman–Crippen MR) is 339 cm³/mol. The van der Waals surface area contributed by atoms with Crippen LogP contribution in [-0.4, -0.2) is 77.0 Å². The highest BCUT2D eigenvalue weighted by Gasteiger charge is 2.27. The normalized spacial score (nSPS) is 13.4. The lowest BCUT2D eigenvalue weighted by atomic mass is 9.89. The molecule has 0 radical (unpaired) electrons. The fraction of sp³-hybridized carbons (Fsp3) is 0.411. The van der Waals surface area contributed by atoms with Crippen molar-refractivity contribution < 1.29 is 23.9 Å². The van der Waals surface area contributed by atoms with Gasteiger partial charge in [-0.3, -0.25) is 19.4 Å². The van der Waals surface area contributed by atoms with Gasteiger partial charge in [0.15, 0.2) is 5.78 Å². The average molecular weight is 1120 g/mol. The second kappa shape index (κ2) is 35.5. The van der Waals surface area contributed by atoms with Crippen LogP contribution in [0.4, 0.5) is 0 Å². The van der Waals surface area contributed by atoms with E-state index in [2.05, 4.69) is 141 Å². The van der Waals surface area contributed by atoms with E-state index < -0.39 is 30.4 Å². The third-order valence-electron chi connectivity index (χ3n) is 14.9. The number of benzene rings is 3. The van der Waals surface area contributed by atoms with Crippen LogP contribution in [-0.2, 0) is 40.2 Å². The topological polar surface area (TPSA) is 128 Å². The molecule has 0 saturated carbocycles. The zero-order valence-corrected chi connectivity index (χ0v) is 50.4. The highest BCUT2D eigenvalue weighted by Crippen LogP contribution is 2.28. The number of hydrogen-bond acceptors (Lipinski definition) is 10. The summed E-state index contributed by atoms with van der Waals surface area (Å²) in [4.78, 5) is 55.4. The number of allylic oxidation sites excluding steroid dienone is 6. The first-order chi connectivity index (χ1) is 40.4. The molecule has 0 amide bonds. The lowest BCUT2D eigenvalue weighted by Gasteiger charge is -2.21. The number of Topliss-reactive ketones (excluding diaryl/α,β-unsaturated/α-hetero) is 1. The van der Waals surface area contributed by atoms with Gasteiger partial charge >= 0.3 is 11.9 Å². The summed E-state index contributed by atoms with van der Waals surface area (Å²) in [7, 11) is 1.77. The van der Waals surface area contributed by atoms with Crippen molar-refractivity contribution in [3.05, 3.63) is 201 Å². The van der Waals surface area contributed by atoms with Gasteiger partial charge in [-0.05, 0) is 123 Å². The average Bonchev–Trinajstić information content (AvgIpc) is 3.50. The summed E-state index contributed by atoms with van der Waals surface area (Å²) < 4.78 is 11.8. The van der Waals surface area contributed by atoms with E-state index in [4.69, 9.17) is 20.2 Å². The van der Waals surface area contributed by atoms with Crippen molar-refractivity contribution in [3.8, 4) is 34.8 Å². The first kappa shape index (κ1) is 64.7. The Bertz CT molecular complexity index is 3110. The Labute approximate surface area is 496 Å². The number of unbranched alkanes of at least 4 members (excludes halogenated alkanes) is 10. The number of carbonyl (C=O) groups excluding carboxylic acids is 3. The molecule has 0 fully saturated rings. The second-order valence-electron chi connectivity index (χ2n) is 21.9. The molecule has 10 heteroatoms. The Kier molecular flexibility index (Phi) is 27.7. The molecule has 2 N–H and O–H groups in total. The van der Waals surface area contributed by atoms with E-state index in [0.29, 0.717) is 35.6 Å². The number of ketones is 1. The number of pyridine rings is 2. The second-order valence-corrected chi connectivity index (χ2v) is 21.9. The molecule has 2 aromatic heterocycles. The van der Waals surface area contributed by atoms with Crippen molar-refractivity contribution in [2.45, 2.75) is 163 Å². The number of nitrogens with two attached hydrogens (primary N) is 1. The minimum absolute atomic E-state index is 0.0417. The number of nitrogens with zero attached hydrogens (tertiary/aromatic N) is 4. The molecule has 1 unspecified atom stereocenters. The van der Waals surface area contributed by atoms with Gasteiger partial charge in [-0.2, -0.15) is 0 Å². The van der Waals surface area contributed by atoms with Gasteiger partial charge in [0, 0.05) is 47.8 Å². The summed E-state index contributed by atoms with van der Waals surface area (Å²) in [6, 6.07) is 32.8. The number of aromatic nitrogens is 2. The summed E-state index contributed by atoms with van der Waals surface area (Å²) in [6.07, 6.45) is 26.3. The van der Waals surface area contributed by atoms with E-state index in [0.717, 1.165) is 60.2 Å². The maximum Gasteiger partial charge on any atom is 0.360 e. The molecule has 2 atom stereocenters. The van der Waals surface area contributed by atoms with Crippen LogP contribution in [0.2, 0.25) is 0 Å². The van der Waals surface area contributed by atoms with E-state index in [-0.39, 0.29) is 30.4 Å². The maximum absolute atomic E-state index is 14.3. The van der Waals surface area contributed by atoms with Crippen LogP contribution in [0, 0.1) is 23.7 Å². The molecule has 83 heavy (non-hydrogen) atoms. The maximum atomic E-state index is 14.3. The SMILES string of the molecule is C=C/C=C(\C)CN(C)CC(=O)O[C@H](CC(=O)c1cc(C#CC2=CCC(c3ccc(CCCCCCCC)cc3)C=C2)cc(CN)n1)OC(=O)c1cc(C#Cc2ccc(-c3ccc(CCCCCCCC)cc3)cc2)cc(CN(CC)CC)n1. The lowest BCUT2D eigenvalue weighted by molar-refractivity contribution is -0.168. The number of ether oxygens (including phenoxy) is 2. The van der Waals surface area contributed by atoms with Gasteiger partial charge in [-0.15, -0.1) is 0 Å². The van der Waals surface area contributed by atoms with E-state index >= 15 is 0 Å². The molecule has 1 aliphatic carbocycles. The first-order valence-electron chi connectivity index (χ1n) is 30.4. The van der Waals surface area contributed by atoms with Gasteiger partial charge in [0.1, 0.15) is 11.4 Å². The van der Waals surface area contributed by atoms with Crippen LogP contribution < -0.4 is 5.73 Å². The summed E-state index contributed by atoms with van der Waals surface area (Å²) in [5.74, 6) is 11.2. The number of esters is 2. The van der Waals surface area contributed by atoms with Gasteiger partial charge in [0.25, 0.3) is 6.29 Å². The largest absolute Gasteiger partial charge is 0.424 e. The minimum Gasteiger partial charge on any atom is -0.424 e. The Balaban J connectivity index is 1.17. The number of aryl methyl sites for hydroxylation is 2. The first-order valence-corrected chi connectivity index (χ1v) is 30.4. The van der Waals surface area contributed by atoms with Gasteiger partial charge in [-0.1, -0.05) is 219 Å². The van der Waals surface area contributed by atoms with Crippen molar-refractivity contribution in [2.24, 2.45) is 5.73 Å². The van der Waals surface area contributed by atoms with Gasteiger partial charge in [0.05, 0.1) is 24.4 Å². The third-order valence-corrected chi connectivity index (χ3v) is 14.9. The third kappa shape index (κ3) is 22.7. The van der Waals surface area contributed by atoms with Crippen molar-refractivity contribution in [1.82, 2.24) is 19.8 Å². The molecule has 0 saturated heterocycles. The van der Waals surface area contributed by atoms with Gasteiger partial charge in [0.2, 0.25) is 0 Å². The zero-order valence-electron chi connectivity index (χ0n) is 50.4. The highest BCUT2D eigenvalue weighted by molar-refractivity contribution is 5.95. The molecule has 10 nitrogen and oxygen atoms in total. The van der Waals surface area contributed by atoms with Crippen molar-refractivity contribution >= 4 is 17.7 Å². The van der Waals surface area contributed by atoms with Crippen LogP contribution in [0.3, 0.4) is 0 Å². The summed E-state index contributed by atoms with van der Waals surface area (Å²) >= 11 is 0. The molecular weight excluding hydrogens is 1030 g/mol. The van der Waals surface area contributed by atoms with E-state index in [1.807, 2.05) is 37.3 Å². The number of carbonyl (C=O) groups is 3. The van der Waals surface area contributed by atoms with Crippen LogP contribution in [0.25, 0.3) is 11.1 Å². The predicted octanol–water partition coefficient (Wildman–Crippen LogP) is 15.0. The molecule has 2 heterocycles. The van der Waals surface area contributed by atoms with Crippen molar-refractivity contribution in [3.63, 3.8) is 0 Å². The van der Waals surface area contributed by atoms with E-state index in [1.165, 1.54) is 93.7 Å². The fourth-order valence-electron chi connectivity index (χ4n) is 10.1. The molecule has 436 valence electrons. The van der Waals surface area contributed by atoms with E-state index in [1.54, 1.807) is 36.2 Å². The van der Waals surface area contributed by atoms with Gasteiger partial charge in [-0.25, -0.2) is 14.8 Å². The molecule has 0 spiro atoms. The molecule has 3 aromatic carbocycles. The molecule has 0 bridgehead atoms. The Morgan fingerprint density at radius 1 is 0.675 bits per heavy atom. The summed E-state index contributed by atoms with van der Waals surface area (Å²) in [5, 5.41) is 0. The molecular formula is C73H89N5O5. The van der Waals surface area contributed by atoms with E-state index in [9.17, 15) is 14.4 Å². The monoisotopic (exact) mass is 1120 g/mol. The van der Waals surface area contributed by atoms with Gasteiger partial charge < -0.3 is 15.2 Å². The smallest absolute Gasteiger partial charge is 0.360 e. The standard InChI is InChI=1S/C73H89N5O5/c1-8-13-15-17-19-21-24-56-30-38-62(39-31-56)64-42-34-58(35-43-64)26-28-60-46-66(51-74)75-68(48-60)70(79)50-72(82-71(80)54-77(7)52-55(6)23-10-3)83-73(81)69-49-61(47-67(76-69)53-78(11-4)12-5)29-27-59-36-44-65(45-37-59)63-40-32-57(33-41-63)25-22-20-18-16-14-9-2/h10,23,30-42,44-49,64,72H,3,8-9,11-22,24-25,43,50-54,74H2,1-2,4-7H3/b55-23+/t64?,72-/m0/s1. The summed E-state index contributed by atoms with van der Waals surface area (Å²) in [5.41, 5.74) is 17.2. The fourth-order valence-corrected chi connectivity index (χ4v) is 10.1. The van der Waals surface area contributed by atoms with Crippen LogP contribution in [0.5, 0.6) is 0 Å². The molecule has 6 rings (SSSR count). The molecule has 1 aliphatic rings. The molecule has 0 aliphatic heterocycles. The van der Waals surface area contributed by atoms with Crippen LogP contribution in [0.1, 0.15) is 196 Å². The Morgan fingerprint density at radius 3 is 1.82 bits per heavy atom. The Morgan fingerprint density at radius 2 is 1.23 bits per heavy atom. The highest BCUT2D eigenvalue weighted by atomic mass is 16.7. The van der Waals surface area contributed by atoms with Crippen molar-refractivity contribution in [2.75, 3.05) is 33.2 Å². The number of likely N-dealkylation sites (N-methyl/N-ethyl adjacent to an activating group) is 1. The Hall–Kier alpha value is -7.47. The molecule has 5 aromatic rings. The zero-order chi connectivity index (χ0) is 59.2.